The van der Waals surface area contributed by atoms with E-state index in [0.29, 0.717) is 19.1 Å². The molecule has 0 aromatic rings. The molecule has 4 heteroatoms. The molecule has 0 radical (unpaired) electrons. The molecule has 15 heavy (non-hydrogen) atoms. The molecule has 0 saturated carbocycles. The first-order valence-electron chi connectivity index (χ1n) is 5.87. The highest BCUT2D eigenvalue weighted by Crippen LogP contribution is 2.12. The Morgan fingerprint density at radius 1 is 1.47 bits per heavy atom. The van der Waals surface area contributed by atoms with Crippen LogP contribution in [0.5, 0.6) is 0 Å². The molecule has 0 aromatic heterocycles. The highest BCUT2D eigenvalue weighted by Gasteiger charge is 2.23. The van der Waals surface area contributed by atoms with Crippen molar-refractivity contribution < 1.29 is 4.79 Å². The number of nitrogens with two attached hydrogens (primary N) is 1. The van der Waals surface area contributed by atoms with E-state index in [9.17, 15) is 4.79 Å². The molecule has 1 amide bonds. The summed E-state index contributed by atoms with van der Waals surface area (Å²) in [6, 6.07) is 0.477. The van der Waals surface area contributed by atoms with Gasteiger partial charge in [0.05, 0.1) is 6.54 Å². The lowest BCUT2D eigenvalue weighted by atomic mass is 10.1. The average molecular weight is 213 g/mol. The van der Waals surface area contributed by atoms with E-state index in [1.807, 2.05) is 11.9 Å². The van der Waals surface area contributed by atoms with Gasteiger partial charge in [-0.05, 0) is 25.8 Å². The first-order valence-corrected chi connectivity index (χ1v) is 5.87. The maximum absolute atomic E-state index is 11.7. The van der Waals surface area contributed by atoms with Gasteiger partial charge in [0.25, 0.3) is 0 Å². The van der Waals surface area contributed by atoms with Crippen LogP contribution in [-0.2, 0) is 4.79 Å². The van der Waals surface area contributed by atoms with E-state index in [2.05, 4.69) is 11.8 Å². The molecule has 2 N–H and O–H groups in total. The standard InChI is InChI=1S/C11H23N3O/c1-3-10(5-6-12)14-8-4-7-13(2)11(15)9-14/h10H,3-9,12H2,1-2H3. The molecule has 1 aliphatic heterocycles. The zero-order valence-electron chi connectivity index (χ0n) is 9.91. The van der Waals surface area contributed by atoms with Crippen molar-refractivity contribution in [2.24, 2.45) is 5.73 Å². The van der Waals surface area contributed by atoms with Crippen LogP contribution >= 0.6 is 0 Å². The molecule has 1 fully saturated rings. The highest BCUT2D eigenvalue weighted by molar-refractivity contribution is 5.78. The third-order valence-corrected chi connectivity index (χ3v) is 3.19. The fraction of sp³-hybridized carbons (Fsp3) is 0.909. The molecule has 1 saturated heterocycles. The van der Waals surface area contributed by atoms with E-state index in [0.717, 1.165) is 32.4 Å². The molecule has 0 aliphatic carbocycles. The maximum Gasteiger partial charge on any atom is 0.236 e. The lowest BCUT2D eigenvalue weighted by Crippen LogP contribution is -2.41. The van der Waals surface area contributed by atoms with Crippen molar-refractivity contribution in [1.29, 1.82) is 0 Å². The molecule has 1 atom stereocenters. The largest absolute Gasteiger partial charge is 0.345 e. The quantitative estimate of drug-likeness (QED) is 0.729. The van der Waals surface area contributed by atoms with Crippen LogP contribution in [0.4, 0.5) is 0 Å². The van der Waals surface area contributed by atoms with Crippen LogP contribution in [0.25, 0.3) is 0 Å². The molecule has 0 bridgehead atoms. The molecule has 4 nitrogen and oxygen atoms in total. The van der Waals surface area contributed by atoms with Crippen molar-refractivity contribution in [1.82, 2.24) is 9.80 Å². The van der Waals surface area contributed by atoms with Crippen LogP contribution in [0.2, 0.25) is 0 Å². The number of amides is 1. The first kappa shape index (κ1) is 12.5. The number of carbonyl (C=O) groups is 1. The summed E-state index contributed by atoms with van der Waals surface area (Å²) in [7, 11) is 1.88. The second-order valence-corrected chi connectivity index (χ2v) is 4.28. The summed E-state index contributed by atoms with van der Waals surface area (Å²) >= 11 is 0. The second kappa shape index (κ2) is 6.08. The van der Waals surface area contributed by atoms with Crippen molar-refractivity contribution in [3.8, 4) is 0 Å². The summed E-state index contributed by atoms with van der Waals surface area (Å²) in [5, 5.41) is 0. The van der Waals surface area contributed by atoms with Gasteiger partial charge in [-0.15, -0.1) is 0 Å². The van der Waals surface area contributed by atoms with Crippen LogP contribution in [0.15, 0.2) is 0 Å². The summed E-state index contributed by atoms with van der Waals surface area (Å²) in [6.07, 6.45) is 3.14. The first-order chi connectivity index (χ1) is 7.19. The van der Waals surface area contributed by atoms with Crippen LogP contribution in [0, 0.1) is 0 Å². The van der Waals surface area contributed by atoms with Gasteiger partial charge in [-0.1, -0.05) is 6.92 Å². The van der Waals surface area contributed by atoms with Gasteiger partial charge in [-0.3, -0.25) is 9.69 Å². The van der Waals surface area contributed by atoms with E-state index in [-0.39, 0.29) is 5.91 Å². The third kappa shape index (κ3) is 3.47. The normalized spacial score (nSPS) is 21.5. The van der Waals surface area contributed by atoms with Gasteiger partial charge in [-0.2, -0.15) is 0 Å². The molecular formula is C11H23N3O. The zero-order chi connectivity index (χ0) is 11.3. The highest BCUT2D eigenvalue weighted by atomic mass is 16.2. The van der Waals surface area contributed by atoms with E-state index in [1.54, 1.807) is 0 Å². The van der Waals surface area contributed by atoms with Crippen molar-refractivity contribution in [2.75, 3.05) is 33.2 Å². The van der Waals surface area contributed by atoms with Gasteiger partial charge in [-0.25, -0.2) is 0 Å². The minimum Gasteiger partial charge on any atom is -0.345 e. The Morgan fingerprint density at radius 3 is 2.80 bits per heavy atom. The van der Waals surface area contributed by atoms with Crippen molar-refractivity contribution in [3.05, 3.63) is 0 Å². The molecule has 0 spiro atoms. The monoisotopic (exact) mass is 213 g/mol. The fourth-order valence-electron chi connectivity index (χ4n) is 2.16. The van der Waals surface area contributed by atoms with Crippen LogP contribution < -0.4 is 5.73 Å². The number of rotatable bonds is 4. The Labute approximate surface area is 92.4 Å². The zero-order valence-corrected chi connectivity index (χ0v) is 9.91. The van der Waals surface area contributed by atoms with Crippen molar-refractivity contribution >= 4 is 5.91 Å². The van der Waals surface area contributed by atoms with Gasteiger partial charge in [0.1, 0.15) is 0 Å². The van der Waals surface area contributed by atoms with Crippen LogP contribution in [0.1, 0.15) is 26.2 Å². The molecule has 88 valence electrons. The van der Waals surface area contributed by atoms with E-state index >= 15 is 0 Å². The lowest BCUT2D eigenvalue weighted by Gasteiger charge is -2.28. The third-order valence-electron chi connectivity index (χ3n) is 3.19. The number of likely N-dealkylation sites (N-methyl/N-ethyl adjacent to an activating group) is 1. The second-order valence-electron chi connectivity index (χ2n) is 4.28. The molecule has 1 heterocycles. The summed E-state index contributed by atoms with van der Waals surface area (Å²) in [6.45, 7) is 5.34. The van der Waals surface area contributed by atoms with Gasteiger partial charge < -0.3 is 10.6 Å². The van der Waals surface area contributed by atoms with Gasteiger partial charge >= 0.3 is 0 Å². The Morgan fingerprint density at radius 2 is 2.20 bits per heavy atom. The summed E-state index contributed by atoms with van der Waals surface area (Å²) < 4.78 is 0. The smallest absolute Gasteiger partial charge is 0.236 e. The number of nitrogens with zero attached hydrogens (tertiary/aromatic N) is 2. The summed E-state index contributed by atoms with van der Waals surface area (Å²) in [4.78, 5) is 15.8. The molecule has 1 aliphatic rings. The maximum atomic E-state index is 11.7. The topological polar surface area (TPSA) is 49.6 Å². The summed E-state index contributed by atoms with van der Waals surface area (Å²) in [5.74, 6) is 0.239. The SMILES string of the molecule is CCC(CCN)N1CCCN(C)C(=O)C1. The molecule has 1 rings (SSSR count). The Bertz CT molecular complexity index is 208. The minimum absolute atomic E-state index is 0.239. The van der Waals surface area contributed by atoms with E-state index < -0.39 is 0 Å². The van der Waals surface area contributed by atoms with Gasteiger partial charge in [0.2, 0.25) is 5.91 Å². The van der Waals surface area contributed by atoms with E-state index in [4.69, 9.17) is 5.73 Å². The molecule has 1 unspecified atom stereocenters. The Hall–Kier alpha value is -0.610. The molecule has 0 aromatic carbocycles. The van der Waals surface area contributed by atoms with Gasteiger partial charge in [0.15, 0.2) is 0 Å². The number of hydrogen-bond acceptors (Lipinski definition) is 3. The van der Waals surface area contributed by atoms with Crippen molar-refractivity contribution in [2.45, 2.75) is 32.2 Å². The van der Waals surface area contributed by atoms with Gasteiger partial charge in [0, 0.05) is 26.2 Å². The summed E-state index contributed by atoms with van der Waals surface area (Å²) in [5.41, 5.74) is 5.59. The van der Waals surface area contributed by atoms with Crippen molar-refractivity contribution in [3.63, 3.8) is 0 Å². The Kier molecular flexibility index (Phi) is 5.05. The number of carbonyl (C=O) groups excluding carboxylic acids is 1. The molecular weight excluding hydrogens is 190 g/mol. The lowest BCUT2D eigenvalue weighted by molar-refractivity contribution is -0.130. The number of hydrogen-bond donors (Lipinski definition) is 1. The predicted molar refractivity (Wildman–Crippen MR) is 61.6 cm³/mol. The average Bonchev–Trinajstić information content (AvgIpc) is 2.38. The Balaban J connectivity index is 2.56. The van der Waals surface area contributed by atoms with Crippen LogP contribution in [-0.4, -0.2) is 55.0 Å². The van der Waals surface area contributed by atoms with E-state index in [1.165, 1.54) is 0 Å². The predicted octanol–water partition coefficient (Wildman–Crippen LogP) is 0.278. The van der Waals surface area contributed by atoms with Crippen LogP contribution in [0.3, 0.4) is 0 Å². The fourth-order valence-corrected chi connectivity index (χ4v) is 2.16. The minimum atomic E-state index is 0.239.